The fourth-order valence-electron chi connectivity index (χ4n) is 4.46. The van der Waals surface area contributed by atoms with Crippen molar-refractivity contribution in [3.8, 4) is 23.0 Å². The second kappa shape index (κ2) is 9.95. The van der Waals surface area contributed by atoms with Crippen LogP contribution in [0.1, 0.15) is 22.7 Å². The molecule has 8 heteroatoms. The first kappa shape index (κ1) is 23.9. The van der Waals surface area contributed by atoms with Crippen LogP contribution in [0, 0.1) is 0 Å². The summed E-state index contributed by atoms with van der Waals surface area (Å²) in [5.41, 5.74) is 2.87. The molecule has 1 atom stereocenters. The lowest BCUT2D eigenvalue weighted by Crippen LogP contribution is -2.41. The van der Waals surface area contributed by atoms with Crippen LogP contribution >= 0.6 is 0 Å². The third kappa shape index (κ3) is 4.43. The highest BCUT2D eigenvalue weighted by atomic mass is 32.2. The zero-order valence-electron chi connectivity index (χ0n) is 19.8. The smallest absolute Gasteiger partial charge is 0.243 e. The molecule has 0 bridgehead atoms. The summed E-state index contributed by atoms with van der Waals surface area (Å²) in [4.78, 5) is 0.274. The molecule has 4 rings (SSSR count). The van der Waals surface area contributed by atoms with Gasteiger partial charge in [0.05, 0.1) is 39.4 Å². The number of rotatable bonds is 8. The largest absolute Gasteiger partial charge is 0.493 e. The predicted octanol–water partition coefficient (Wildman–Crippen LogP) is 4.25. The summed E-state index contributed by atoms with van der Waals surface area (Å²) in [6.45, 7) is 0.359. The Balaban J connectivity index is 1.83. The van der Waals surface area contributed by atoms with Crippen LogP contribution in [0.3, 0.4) is 0 Å². The first-order valence-electron chi connectivity index (χ1n) is 11.0. The quantitative estimate of drug-likeness (QED) is 0.477. The van der Waals surface area contributed by atoms with Crippen molar-refractivity contribution < 1.29 is 27.4 Å². The summed E-state index contributed by atoms with van der Waals surface area (Å²) in [5, 5.41) is 0. The number of fused-ring (bicyclic) bond motifs is 1. The number of methoxy groups -OCH3 is 4. The Morgan fingerprint density at radius 2 is 1.41 bits per heavy atom. The first-order chi connectivity index (χ1) is 16.4. The fourth-order valence-corrected chi connectivity index (χ4v) is 6.09. The van der Waals surface area contributed by atoms with Gasteiger partial charge in [0.15, 0.2) is 23.0 Å². The van der Waals surface area contributed by atoms with Crippen molar-refractivity contribution in [2.45, 2.75) is 23.8 Å². The summed E-state index contributed by atoms with van der Waals surface area (Å²) in [7, 11) is 2.61. The number of benzene rings is 3. The molecule has 0 amide bonds. The van der Waals surface area contributed by atoms with Crippen LogP contribution in [-0.4, -0.2) is 47.7 Å². The Hall–Kier alpha value is -3.23. The third-order valence-electron chi connectivity index (χ3n) is 6.18. The molecule has 34 heavy (non-hydrogen) atoms. The van der Waals surface area contributed by atoms with E-state index in [9.17, 15) is 8.42 Å². The monoisotopic (exact) mass is 483 g/mol. The predicted molar refractivity (Wildman–Crippen MR) is 130 cm³/mol. The van der Waals surface area contributed by atoms with Crippen LogP contribution in [0.15, 0.2) is 65.6 Å². The number of nitrogens with zero attached hydrogens (tertiary/aromatic N) is 1. The molecule has 0 saturated carbocycles. The second-order valence-corrected chi connectivity index (χ2v) is 9.88. The summed E-state index contributed by atoms with van der Waals surface area (Å²) in [6, 6.07) is 17.6. The highest BCUT2D eigenvalue weighted by molar-refractivity contribution is 7.89. The summed E-state index contributed by atoms with van der Waals surface area (Å²) < 4.78 is 50.9. The van der Waals surface area contributed by atoms with Gasteiger partial charge in [0, 0.05) is 6.54 Å². The average molecular weight is 484 g/mol. The molecule has 0 N–H and O–H groups in total. The lowest BCUT2D eigenvalue weighted by atomic mass is 9.89. The highest BCUT2D eigenvalue weighted by Crippen LogP contribution is 2.42. The van der Waals surface area contributed by atoms with Crippen LogP contribution in [0.4, 0.5) is 0 Å². The van der Waals surface area contributed by atoms with E-state index >= 15 is 0 Å². The van der Waals surface area contributed by atoms with Crippen LogP contribution in [0.25, 0.3) is 0 Å². The van der Waals surface area contributed by atoms with Crippen molar-refractivity contribution in [3.63, 3.8) is 0 Å². The molecular formula is C26H29NO6S. The van der Waals surface area contributed by atoms with Gasteiger partial charge < -0.3 is 18.9 Å². The van der Waals surface area contributed by atoms with Gasteiger partial charge in [0.1, 0.15) is 0 Å². The Bertz CT molecular complexity index is 1260. The van der Waals surface area contributed by atoms with Gasteiger partial charge >= 0.3 is 0 Å². The van der Waals surface area contributed by atoms with E-state index in [0.29, 0.717) is 42.4 Å². The molecule has 3 aromatic carbocycles. The summed E-state index contributed by atoms with van der Waals surface area (Å²) in [5.74, 6) is 2.42. The number of hydrogen-bond acceptors (Lipinski definition) is 6. The number of hydrogen-bond donors (Lipinski definition) is 0. The van der Waals surface area contributed by atoms with Crippen molar-refractivity contribution in [2.75, 3.05) is 35.0 Å². The Labute approximate surface area is 200 Å². The lowest BCUT2D eigenvalue weighted by molar-refractivity contribution is 0.300. The molecule has 1 aliphatic rings. The fraction of sp³-hybridized carbons (Fsp3) is 0.308. The van der Waals surface area contributed by atoms with Gasteiger partial charge in [0.2, 0.25) is 10.0 Å². The molecule has 0 aromatic heterocycles. The van der Waals surface area contributed by atoms with Crippen molar-refractivity contribution >= 4 is 10.0 Å². The third-order valence-corrected chi connectivity index (χ3v) is 8.10. The molecule has 1 heterocycles. The minimum atomic E-state index is -3.73. The van der Waals surface area contributed by atoms with Gasteiger partial charge in [-0.25, -0.2) is 8.42 Å². The molecule has 0 saturated heterocycles. The van der Waals surface area contributed by atoms with E-state index in [1.807, 2.05) is 36.4 Å². The normalized spacial score (nSPS) is 15.9. The molecule has 7 nitrogen and oxygen atoms in total. The summed E-state index contributed by atoms with van der Waals surface area (Å²) in [6.07, 6.45) is 1.03. The lowest BCUT2D eigenvalue weighted by Gasteiger charge is -2.37. The van der Waals surface area contributed by atoms with E-state index < -0.39 is 16.1 Å². The zero-order chi connectivity index (χ0) is 24.3. The van der Waals surface area contributed by atoms with Gasteiger partial charge in [-0.1, -0.05) is 24.3 Å². The minimum Gasteiger partial charge on any atom is -0.493 e. The molecule has 1 aliphatic heterocycles. The van der Waals surface area contributed by atoms with Gasteiger partial charge in [-0.2, -0.15) is 4.31 Å². The van der Waals surface area contributed by atoms with E-state index in [4.69, 9.17) is 18.9 Å². The second-order valence-electron chi connectivity index (χ2n) is 7.99. The molecular weight excluding hydrogens is 454 g/mol. The van der Waals surface area contributed by atoms with Gasteiger partial charge in [0.25, 0.3) is 0 Å². The SMILES string of the molecule is COc1ccc(CC2c3cc(OC)c(OC)cc3CCN2S(=O)(=O)c2ccccc2)cc1OC. The van der Waals surface area contributed by atoms with Crippen LogP contribution in [0.5, 0.6) is 23.0 Å². The number of sulfonamides is 1. The number of ether oxygens (including phenoxy) is 4. The van der Waals surface area contributed by atoms with Gasteiger partial charge in [-0.05, 0) is 65.9 Å². The Morgan fingerprint density at radius 1 is 0.794 bits per heavy atom. The standard InChI is InChI=1S/C26H29NO6S/c1-30-23-11-10-18(15-24(23)31-2)14-22-21-17-26(33-4)25(32-3)16-19(21)12-13-27(22)34(28,29)20-8-6-5-7-9-20/h5-11,15-17,22H,12-14H2,1-4H3. The van der Waals surface area contributed by atoms with Crippen LogP contribution < -0.4 is 18.9 Å². The maximum atomic E-state index is 13.7. The van der Waals surface area contributed by atoms with Crippen molar-refractivity contribution in [1.29, 1.82) is 0 Å². The van der Waals surface area contributed by atoms with Gasteiger partial charge in [-0.3, -0.25) is 0 Å². The zero-order valence-corrected chi connectivity index (χ0v) is 20.6. The molecule has 1 unspecified atom stereocenters. The van der Waals surface area contributed by atoms with E-state index in [-0.39, 0.29) is 4.90 Å². The Kier molecular flexibility index (Phi) is 7.00. The van der Waals surface area contributed by atoms with Crippen LogP contribution in [-0.2, 0) is 22.9 Å². The average Bonchev–Trinajstić information content (AvgIpc) is 2.88. The van der Waals surface area contributed by atoms with Crippen LogP contribution in [0.2, 0.25) is 0 Å². The van der Waals surface area contributed by atoms with E-state index in [1.165, 1.54) is 0 Å². The Morgan fingerprint density at radius 3 is 2.06 bits per heavy atom. The highest BCUT2D eigenvalue weighted by Gasteiger charge is 2.37. The molecule has 0 aliphatic carbocycles. The maximum Gasteiger partial charge on any atom is 0.243 e. The van der Waals surface area contributed by atoms with E-state index in [2.05, 4.69) is 0 Å². The molecule has 0 spiro atoms. The van der Waals surface area contributed by atoms with Gasteiger partial charge in [-0.15, -0.1) is 0 Å². The topological polar surface area (TPSA) is 74.3 Å². The molecule has 0 fully saturated rings. The summed E-state index contributed by atoms with van der Waals surface area (Å²) >= 11 is 0. The molecule has 0 radical (unpaired) electrons. The van der Waals surface area contributed by atoms with Crippen molar-refractivity contribution in [3.05, 3.63) is 77.4 Å². The van der Waals surface area contributed by atoms with E-state index in [1.54, 1.807) is 57.0 Å². The van der Waals surface area contributed by atoms with Crippen molar-refractivity contribution in [2.24, 2.45) is 0 Å². The maximum absolute atomic E-state index is 13.7. The first-order valence-corrected chi connectivity index (χ1v) is 12.4. The molecule has 180 valence electrons. The minimum absolute atomic E-state index is 0.274. The molecule has 3 aromatic rings. The van der Waals surface area contributed by atoms with E-state index in [0.717, 1.165) is 16.7 Å². The van der Waals surface area contributed by atoms with Crippen molar-refractivity contribution in [1.82, 2.24) is 4.31 Å².